The van der Waals surface area contributed by atoms with Crippen LogP contribution in [0.3, 0.4) is 0 Å². The molecule has 0 radical (unpaired) electrons. The van der Waals surface area contributed by atoms with Crippen molar-refractivity contribution >= 4 is 60.0 Å². The first-order valence-electron chi connectivity index (χ1n) is 10.3. The normalized spacial score (nSPS) is 15.6. The van der Waals surface area contributed by atoms with Crippen LogP contribution >= 0.6 is 23.2 Å². The van der Waals surface area contributed by atoms with Crippen LogP contribution in [0.2, 0.25) is 10.0 Å². The fraction of sp³-hybridized carbons (Fsp3) is 0.450. The van der Waals surface area contributed by atoms with E-state index >= 15 is 0 Å². The standard InChI is InChI=1S/C20H24BCl2N3O8/c1-11(2)5-15(21-33-18(30)9-26(8-17(28)29)10-19(31)34-21)25-16(27)7-24-20(32)13-6-12(22)3-4-14(13)23/h3-4,6,11,15H,5,7-10H2,1-2H3,(H,24,32)(H,25,27)(H,28,29)/t15-/m0/s1. The van der Waals surface area contributed by atoms with Gasteiger partial charge in [-0.25, -0.2) is 0 Å². The lowest BCUT2D eigenvalue weighted by Crippen LogP contribution is -2.56. The van der Waals surface area contributed by atoms with Crippen LogP contribution in [0.4, 0.5) is 0 Å². The number of nitrogens with zero attached hydrogens (tertiary/aromatic N) is 1. The Morgan fingerprint density at radius 3 is 2.32 bits per heavy atom. The van der Waals surface area contributed by atoms with Crippen molar-refractivity contribution < 1.29 is 38.4 Å². The molecule has 11 nitrogen and oxygen atoms in total. The molecule has 1 atom stereocenters. The number of hydrogen-bond acceptors (Lipinski definition) is 8. The van der Waals surface area contributed by atoms with E-state index in [1.807, 2.05) is 13.8 Å². The van der Waals surface area contributed by atoms with E-state index in [1.165, 1.54) is 18.2 Å². The number of amides is 2. The van der Waals surface area contributed by atoms with E-state index in [0.29, 0.717) is 5.02 Å². The molecule has 0 aromatic heterocycles. The monoisotopic (exact) mass is 515 g/mol. The van der Waals surface area contributed by atoms with Gasteiger partial charge >= 0.3 is 25.0 Å². The van der Waals surface area contributed by atoms with Gasteiger partial charge in [-0.1, -0.05) is 37.0 Å². The van der Waals surface area contributed by atoms with Crippen molar-refractivity contribution in [1.82, 2.24) is 15.5 Å². The molecule has 1 aromatic rings. The summed E-state index contributed by atoms with van der Waals surface area (Å²) >= 11 is 11.9. The number of hydrogen-bond donors (Lipinski definition) is 3. The average Bonchev–Trinajstić information content (AvgIpc) is 2.70. The van der Waals surface area contributed by atoms with Crippen molar-refractivity contribution in [3.63, 3.8) is 0 Å². The Bertz CT molecular complexity index is 942. The molecule has 1 aliphatic heterocycles. The Kier molecular flexibility index (Phi) is 10.1. The van der Waals surface area contributed by atoms with Gasteiger partial charge in [-0.3, -0.25) is 28.9 Å². The van der Waals surface area contributed by atoms with E-state index in [2.05, 4.69) is 10.6 Å². The van der Waals surface area contributed by atoms with Gasteiger partial charge in [0.1, 0.15) is 0 Å². The minimum atomic E-state index is -1.42. The highest BCUT2D eigenvalue weighted by Gasteiger charge is 2.41. The van der Waals surface area contributed by atoms with Gasteiger partial charge in [0.05, 0.1) is 42.7 Å². The van der Waals surface area contributed by atoms with Crippen LogP contribution in [0.15, 0.2) is 18.2 Å². The van der Waals surface area contributed by atoms with Crippen molar-refractivity contribution in [2.45, 2.75) is 26.2 Å². The molecule has 0 aliphatic carbocycles. The van der Waals surface area contributed by atoms with Crippen LogP contribution in [-0.2, 0) is 28.5 Å². The molecule has 1 heterocycles. The average molecular weight is 516 g/mol. The number of benzene rings is 1. The molecule has 14 heteroatoms. The van der Waals surface area contributed by atoms with Crippen LogP contribution < -0.4 is 10.6 Å². The first kappa shape index (κ1) is 27.4. The first-order chi connectivity index (χ1) is 15.9. The van der Waals surface area contributed by atoms with E-state index in [4.69, 9.17) is 37.6 Å². The summed E-state index contributed by atoms with van der Waals surface area (Å²) < 4.78 is 10.4. The predicted octanol–water partition coefficient (Wildman–Crippen LogP) is 0.768. The molecule has 1 aromatic carbocycles. The van der Waals surface area contributed by atoms with Crippen LogP contribution in [0.25, 0.3) is 0 Å². The van der Waals surface area contributed by atoms with Gasteiger partial charge in [0, 0.05) is 5.02 Å². The molecule has 1 aliphatic rings. The number of carbonyl (C=O) groups is 5. The lowest BCUT2D eigenvalue weighted by molar-refractivity contribution is -0.149. The number of aliphatic carboxylic acids is 1. The molecule has 0 spiro atoms. The molecular formula is C20H24BCl2N3O8. The van der Waals surface area contributed by atoms with Crippen molar-refractivity contribution in [2.75, 3.05) is 26.2 Å². The minimum Gasteiger partial charge on any atom is -0.497 e. The zero-order chi connectivity index (χ0) is 25.4. The third-order valence-electron chi connectivity index (χ3n) is 4.54. The Balaban J connectivity index is 2.04. The zero-order valence-electron chi connectivity index (χ0n) is 18.5. The summed E-state index contributed by atoms with van der Waals surface area (Å²) in [5.41, 5.74) is 0.0921. The van der Waals surface area contributed by atoms with Crippen LogP contribution in [0.5, 0.6) is 0 Å². The van der Waals surface area contributed by atoms with Gasteiger partial charge in [-0.2, -0.15) is 0 Å². The van der Waals surface area contributed by atoms with Gasteiger partial charge < -0.3 is 25.0 Å². The maximum Gasteiger partial charge on any atom is 0.622 e. The number of carboxylic acids is 1. The fourth-order valence-corrected chi connectivity index (χ4v) is 3.55. The van der Waals surface area contributed by atoms with Crippen molar-refractivity contribution in [3.05, 3.63) is 33.8 Å². The van der Waals surface area contributed by atoms with Crippen molar-refractivity contribution in [3.8, 4) is 0 Å². The maximum atomic E-state index is 12.5. The molecule has 2 rings (SSSR count). The molecule has 2 amide bonds. The number of rotatable bonds is 9. The maximum absolute atomic E-state index is 12.5. The smallest absolute Gasteiger partial charge is 0.497 e. The predicted molar refractivity (Wildman–Crippen MR) is 122 cm³/mol. The highest BCUT2D eigenvalue weighted by atomic mass is 35.5. The molecule has 1 fully saturated rings. The first-order valence-corrected chi connectivity index (χ1v) is 11.1. The van der Waals surface area contributed by atoms with Gasteiger partial charge in [0.25, 0.3) is 5.91 Å². The van der Waals surface area contributed by atoms with Gasteiger partial charge in [-0.15, -0.1) is 0 Å². The molecule has 3 N–H and O–H groups in total. The summed E-state index contributed by atoms with van der Waals surface area (Å²) in [6.07, 6.45) is 0.282. The lowest BCUT2D eigenvalue weighted by atomic mass is 9.73. The second-order valence-electron chi connectivity index (χ2n) is 8.00. The molecular weight excluding hydrogens is 492 g/mol. The van der Waals surface area contributed by atoms with Crippen LogP contribution in [0.1, 0.15) is 30.6 Å². The summed E-state index contributed by atoms with van der Waals surface area (Å²) in [6, 6.07) is 4.33. The topological polar surface area (TPSA) is 151 Å². The Morgan fingerprint density at radius 2 is 1.76 bits per heavy atom. The van der Waals surface area contributed by atoms with Gasteiger partial charge in [0.2, 0.25) is 5.91 Å². The number of carbonyl (C=O) groups excluding carboxylic acids is 4. The Hall–Kier alpha value is -2.83. The van der Waals surface area contributed by atoms with E-state index in [1.54, 1.807) is 0 Å². The molecule has 0 bridgehead atoms. The summed E-state index contributed by atoms with van der Waals surface area (Å²) in [5.74, 6) is -4.99. The van der Waals surface area contributed by atoms with E-state index < -0.39 is 69.0 Å². The lowest BCUT2D eigenvalue weighted by Gasteiger charge is -2.29. The number of carboxylic acid groups (broad SMARTS) is 1. The molecule has 34 heavy (non-hydrogen) atoms. The SMILES string of the molecule is CC(C)C[C@H](NC(=O)CNC(=O)c1cc(Cl)ccc1Cl)B1OC(=O)CN(CC(=O)O)CC(=O)O1. The highest BCUT2D eigenvalue weighted by Crippen LogP contribution is 2.20. The summed E-state index contributed by atoms with van der Waals surface area (Å²) in [6.45, 7) is 1.86. The molecule has 184 valence electrons. The van der Waals surface area contributed by atoms with Gasteiger partial charge in [0.15, 0.2) is 0 Å². The largest absolute Gasteiger partial charge is 0.622 e. The highest BCUT2D eigenvalue weighted by molar-refractivity contribution is 6.51. The number of halogens is 2. The van der Waals surface area contributed by atoms with Crippen molar-refractivity contribution in [1.29, 1.82) is 0 Å². The molecule has 0 unspecified atom stereocenters. The summed E-state index contributed by atoms with van der Waals surface area (Å²) in [7, 11) is -1.42. The van der Waals surface area contributed by atoms with E-state index in [9.17, 15) is 24.0 Å². The zero-order valence-corrected chi connectivity index (χ0v) is 20.0. The van der Waals surface area contributed by atoms with Gasteiger partial charge in [-0.05, 0) is 30.5 Å². The van der Waals surface area contributed by atoms with Crippen molar-refractivity contribution in [2.24, 2.45) is 5.92 Å². The summed E-state index contributed by atoms with van der Waals surface area (Å²) in [4.78, 5) is 61.2. The molecule has 1 saturated heterocycles. The quantitative estimate of drug-likeness (QED) is 0.405. The van der Waals surface area contributed by atoms with E-state index in [-0.39, 0.29) is 22.9 Å². The second kappa shape index (κ2) is 12.6. The second-order valence-corrected chi connectivity index (χ2v) is 8.84. The summed E-state index contributed by atoms with van der Waals surface area (Å²) in [5, 5.41) is 14.4. The minimum absolute atomic E-state index is 0.0107. The fourth-order valence-electron chi connectivity index (χ4n) is 3.18. The molecule has 0 saturated carbocycles. The van der Waals surface area contributed by atoms with E-state index in [0.717, 1.165) is 4.90 Å². The number of nitrogens with one attached hydrogen (secondary N) is 2. The Labute approximate surface area is 206 Å². The third-order valence-corrected chi connectivity index (χ3v) is 5.11. The van der Waals surface area contributed by atoms with Crippen LogP contribution in [0, 0.1) is 5.92 Å². The Morgan fingerprint density at radius 1 is 1.15 bits per heavy atom. The van der Waals surface area contributed by atoms with Crippen LogP contribution in [-0.4, -0.2) is 79.0 Å². The third kappa shape index (κ3) is 8.84.